The van der Waals surface area contributed by atoms with Gasteiger partial charge in [0.1, 0.15) is 6.10 Å². The summed E-state index contributed by atoms with van der Waals surface area (Å²) in [6.45, 7) is 9.98. The summed E-state index contributed by atoms with van der Waals surface area (Å²) in [6, 6.07) is 0. The van der Waals surface area contributed by atoms with Gasteiger partial charge < -0.3 is 14.9 Å². The molecule has 1 aliphatic carbocycles. The van der Waals surface area contributed by atoms with E-state index in [0.29, 0.717) is 38.5 Å². The van der Waals surface area contributed by atoms with Gasteiger partial charge in [0.05, 0.1) is 10.8 Å². The van der Waals surface area contributed by atoms with Crippen LogP contribution in [0.15, 0.2) is 0 Å². The highest BCUT2D eigenvalue weighted by Crippen LogP contribution is 2.48. The minimum atomic E-state index is -5.93. The third kappa shape index (κ3) is 8.61. The molecule has 0 aromatic heterocycles. The molecule has 0 amide bonds. The average molecular weight is 509 g/mol. The van der Waals surface area contributed by atoms with E-state index in [9.17, 15) is 41.0 Å². The van der Waals surface area contributed by atoms with Crippen LogP contribution in [-0.2, 0) is 14.3 Å². The second-order valence-corrected chi connectivity index (χ2v) is 10.2. The van der Waals surface area contributed by atoms with Gasteiger partial charge in [-0.05, 0) is 59.3 Å². The van der Waals surface area contributed by atoms with Gasteiger partial charge in [-0.1, -0.05) is 33.1 Å². The van der Waals surface area contributed by atoms with Crippen LogP contribution in [0.3, 0.4) is 0 Å². The fraction of sp³-hybridized carbons (Fsp3) is 0.913. The van der Waals surface area contributed by atoms with Crippen LogP contribution < -0.4 is 0 Å². The van der Waals surface area contributed by atoms with Gasteiger partial charge in [0.2, 0.25) is 0 Å². The molecular formula is C23H38F6O5. The Morgan fingerprint density at radius 2 is 1.26 bits per heavy atom. The molecule has 0 heterocycles. The molecule has 5 nitrogen and oxygen atoms in total. The molecule has 202 valence electrons. The van der Waals surface area contributed by atoms with E-state index in [1.165, 1.54) is 13.8 Å². The highest BCUT2D eigenvalue weighted by Gasteiger charge is 2.71. The first-order valence-electron chi connectivity index (χ1n) is 11.5. The SMILES string of the molecule is CCC(C)(C)C(=O)O.CCC(C)(C)C(=O)OC(CC(O)(C(F)(F)F)C(F)(F)F)C1CCCCC1. The minimum absolute atomic E-state index is 0.312. The van der Waals surface area contributed by atoms with E-state index in [4.69, 9.17) is 9.84 Å². The zero-order chi connectivity index (χ0) is 27.2. The van der Waals surface area contributed by atoms with Gasteiger partial charge in [-0.2, -0.15) is 26.3 Å². The number of aliphatic carboxylic acids is 1. The first-order chi connectivity index (χ1) is 15.2. The molecule has 1 fully saturated rings. The van der Waals surface area contributed by atoms with Gasteiger partial charge in [-0.3, -0.25) is 9.59 Å². The van der Waals surface area contributed by atoms with Crippen LogP contribution in [0.25, 0.3) is 0 Å². The summed E-state index contributed by atoms with van der Waals surface area (Å²) >= 11 is 0. The molecule has 34 heavy (non-hydrogen) atoms. The summed E-state index contributed by atoms with van der Waals surface area (Å²) < 4.78 is 83.5. The molecule has 1 saturated carbocycles. The van der Waals surface area contributed by atoms with Crippen molar-refractivity contribution in [3.8, 4) is 0 Å². The molecule has 2 N–H and O–H groups in total. The predicted molar refractivity (Wildman–Crippen MR) is 114 cm³/mol. The lowest BCUT2D eigenvalue weighted by Crippen LogP contribution is -2.59. The van der Waals surface area contributed by atoms with Crippen LogP contribution in [0.4, 0.5) is 26.3 Å². The highest BCUT2D eigenvalue weighted by atomic mass is 19.4. The fourth-order valence-corrected chi connectivity index (χ4v) is 3.09. The lowest BCUT2D eigenvalue weighted by molar-refractivity contribution is -0.375. The van der Waals surface area contributed by atoms with Crippen LogP contribution in [0.5, 0.6) is 0 Å². The number of alkyl halides is 6. The minimum Gasteiger partial charge on any atom is -0.481 e. The second kappa shape index (κ2) is 11.9. The Morgan fingerprint density at radius 3 is 1.56 bits per heavy atom. The molecule has 1 rings (SSSR count). The first-order valence-corrected chi connectivity index (χ1v) is 11.5. The van der Waals surface area contributed by atoms with E-state index in [1.807, 2.05) is 6.92 Å². The van der Waals surface area contributed by atoms with E-state index in [1.54, 1.807) is 20.8 Å². The maximum Gasteiger partial charge on any atom is 0.426 e. The number of rotatable bonds is 8. The van der Waals surface area contributed by atoms with E-state index in [2.05, 4.69) is 0 Å². The van der Waals surface area contributed by atoms with Crippen molar-refractivity contribution in [2.75, 3.05) is 0 Å². The molecule has 0 bridgehead atoms. The predicted octanol–water partition coefficient (Wildman–Crippen LogP) is 6.67. The Morgan fingerprint density at radius 1 is 0.853 bits per heavy atom. The molecular weight excluding hydrogens is 470 g/mol. The first kappa shape index (κ1) is 32.5. The van der Waals surface area contributed by atoms with Crippen molar-refractivity contribution < 1.29 is 50.9 Å². The smallest absolute Gasteiger partial charge is 0.426 e. The van der Waals surface area contributed by atoms with Crippen LogP contribution in [0.2, 0.25) is 0 Å². The van der Waals surface area contributed by atoms with Gasteiger partial charge in [0.15, 0.2) is 0 Å². The Balaban J connectivity index is 0.00000116. The van der Waals surface area contributed by atoms with Gasteiger partial charge in [-0.15, -0.1) is 0 Å². The van der Waals surface area contributed by atoms with Gasteiger partial charge in [0, 0.05) is 6.42 Å². The van der Waals surface area contributed by atoms with E-state index >= 15 is 0 Å². The van der Waals surface area contributed by atoms with Gasteiger partial charge in [0.25, 0.3) is 5.60 Å². The topological polar surface area (TPSA) is 83.8 Å². The summed E-state index contributed by atoms with van der Waals surface area (Å²) in [4.78, 5) is 22.5. The molecule has 1 unspecified atom stereocenters. The summed E-state index contributed by atoms with van der Waals surface area (Å²) in [5.74, 6) is -2.22. The number of carboxylic acids is 1. The third-order valence-electron chi connectivity index (χ3n) is 6.77. The summed E-state index contributed by atoms with van der Waals surface area (Å²) in [5.41, 5.74) is -6.50. The van der Waals surface area contributed by atoms with Crippen molar-refractivity contribution in [3.63, 3.8) is 0 Å². The number of carbonyl (C=O) groups excluding carboxylic acids is 1. The number of ether oxygens (including phenoxy) is 1. The number of hydrogen-bond acceptors (Lipinski definition) is 4. The lowest BCUT2D eigenvalue weighted by Gasteiger charge is -2.39. The molecule has 11 heteroatoms. The zero-order valence-electron chi connectivity index (χ0n) is 20.7. The quantitative estimate of drug-likeness (QED) is 0.283. The molecule has 1 atom stereocenters. The van der Waals surface area contributed by atoms with Crippen LogP contribution >= 0.6 is 0 Å². The van der Waals surface area contributed by atoms with Crippen molar-refractivity contribution >= 4 is 11.9 Å². The Labute approximate surface area is 197 Å². The molecule has 1 aliphatic rings. The number of aliphatic hydroxyl groups is 1. The molecule has 0 radical (unpaired) electrons. The number of carbonyl (C=O) groups is 2. The molecule has 0 saturated heterocycles. The van der Waals surface area contributed by atoms with E-state index in [-0.39, 0.29) is 0 Å². The lowest BCUT2D eigenvalue weighted by atomic mass is 9.80. The number of hydrogen-bond donors (Lipinski definition) is 2. The summed E-state index contributed by atoms with van der Waals surface area (Å²) in [5, 5.41) is 18.0. The summed E-state index contributed by atoms with van der Waals surface area (Å²) in [7, 11) is 0. The number of halogens is 6. The maximum atomic E-state index is 13.1. The van der Waals surface area contributed by atoms with Crippen LogP contribution in [0, 0.1) is 16.7 Å². The van der Waals surface area contributed by atoms with Crippen molar-refractivity contribution in [1.82, 2.24) is 0 Å². The van der Waals surface area contributed by atoms with E-state index < -0.39 is 59.2 Å². The maximum absolute atomic E-state index is 13.1. The molecule has 0 aromatic rings. The third-order valence-corrected chi connectivity index (χ3v) is 6.77. The largest absolute Gasteiger partial charge is 0.481 e. The van der Waals surface area contributed by atoms with Crippen molar-refractivity contribution in [1.29, 1.82) is 0 Å². The van der Waals surface area contributed by atoms with Crippen molar-refractivity contribution in [3.05, 3.63) is 0 Å². The molecule has 0 spiro atoms. The second-order valence-electron chi connectivity index (χ2n) is 10.2. The molecule has 0 aliphatic heterocycles. The van der Waals surface area contributed by atoms with Gasteiger partial charge >= 0.3 is 24.3 Å². The Hall–Kier alpha value is -1.52. The average Bonchev–Trinajstić information content (AvgIpc) is 2.72. The Bertz CT molecular complexity index is 650. The van der Waals surface area contributed by atoms with Crippen molar-refractivity contribution in [2.24, 2.45) is 16.7 Å². The van der Waals surface area contributed by atoms with Crippen LogP contribution in [0.1, 0.15) is 92.9 Å². The fourth-order valence-electron chi connectivity index (χ4n) is 3.09. The van der Waals surface area contributed by atoms with Crippen LogP contribution in [-0.4, -0.2) is 46.2 Å². The monoisotopic (exact) mass is 508 g/mol. The van der Waals surface area contributed by atoms with Crippen molar-refractivity contribution in [2.45, 2.75) is 117 Å². The number of carboxylic acid groups (broad SMARTS) is 1. The zero-order valence-corrected chi connectivity index (χ0v) is 20.7. The number of esters is 1. The van der Waals surface area contributed by atoms with Gasteiger partial charge in [-0.25, -0.2) is 0 Å². The highest BCUT2D eigenvalue weighted by molar-refractivity contribution is 5.76. The molecule has 0 aromatic carbocycles. The standard InChI is InChI=1S/C17H26F6O3.C6H12O2/c1-4-14(2,3)13(24)26-12(11-8-6-5-7-9-11)10-15(25,16(18,19)20)17(21,22)23;1-4-6(2,3)5(7)8/h11-12,25H,4-10H2,1-3H3;4H2,1-3H3,(H,7,8). The summed E-state index contributed by atoms with van der Waals surface area (Å²) in [6.07, 6.45) is -11.5. The normalized spacial score (nSPS) is 17.4. The Kier molecular flexibility index (Phi) is 11.4. The van der Waals surface area contributed by atoms with E-state index in [0.717, 1.165) is 6.42 Å².